The van der Waals surface area contributed by atoms with Crippen molar-refractivity contribution in [3.63, 3.8) is 0 Å². The van der Waals surface area contributed by atoms with E-state index in [1.54, 1.807) is 12.1 Å². The number of hydrogen-bond acceptors (Lipinski definition) is 3. The number of ether oxygens (including phenoxy) is 2. The van der Waals surface area contributed by atoms with E-state index in [0.29, 0.717) is 18.1 Å². The van der Waals surface area contributed by atoms with Gasteiger partial charge in [-0.1, -0.05) is 42.5 Å². The van der Waals surface area contributed by atoms with Crippen LogP contribution in [0, 0.1) is 0 Å². The summed E-state index contributed by atoms with van der Waals surface area (Å²) in [5, 5.41) is 0. The van der Waals surface area contributed by atoms with Crippen LogP contribution in [-0.2, 0) is 6.61 Å². The van der Waals surface area contributed by atoms with E-state index in [1.165, 1.54) is 12.8 Å². The van der Waals surface area contributed by atoms with Gasteiger partial charge >= 0.3 is 0 Å². The van der Waals surface area contributed by atoms with Crippen molar-refractivity contribution in [3.05, 3.63) is 70.4 Å². The van der Waals surface area contributed by atoms with Gasteiger partial charge in [-0.05, 0) is 43.4 Å². The van der Waals surface area contributed by atoms with E-state index in [9.17, 15) is 4.79 Å². The Bertz CT molecular complexity index is 661. The van der Waals surface area contributed by atoms with E-state index in [4.69, 9.17) is 9.47 Å². The summed E-state index contributed by atoms with van der Waals surface area (Å²) in [5.74, 6) is 0.724. The van der Waals surface area contributed by atoms with E-state index in [0.717, 1.165) is 18.4 Å². The third-order valence-corrected chi connectivity index (χ3v) is 3.89. The van der Waals surface area contributed by atoms with Crippen LogP contribution < -0.4 is 14.9 Å². The number of hydrogen-bond donors (Lipinski definition) is 0. The second kappa shape index (κ2) is 7.12. The van der Waals surface area contributed by atoms with Gasteiger partial charge in [0.15, 0.2) is 11.5 Å². The van der Waals surface area contributed by atoms with Crippen LogP contribution in [0.1, 0.15) is 31.2 Å². The lowest BCUT2D eigenvalue weighted by atomic mass is 10.2. The summed E-state index contributed by atoms with van der Waals surface area (Å²) in [6.07, 6.45) is 4.57. The maximum Gasteiger partial charge on any atom is 0.262 e. The predicted molar refractivity (Wildman–Crippen MR) is 86.4 cm³/mol. The lowest BCUT2D eigenvalue weighted by Crippen LogP contribution is -2.16. The van der Waals surface area contributed by atoms with Crippen LogP contribution in [0.25, 0.3) is 0 Å². The maximum absolute atomic E-state index is 12.5. The van der Waals surface area contributed by atoms with E-state index in [1.807, 2.05) is 42.5 Å². The molecule has 2 aromatic carbocycles. The molecule has 0 atom stereocenters. The topological polar surface area (TPSA) is 35.5 Å². The Hall–Kier alpha value is -2.29. The highest BCUT2D eigenvalue weighted by Crippen LogP contribution is 2.23. The van der Waals surface area contributed by atoms with Gasteiger partial charge in [0.05, 0.1) is 6.10 Å². The molecule has 1 aliphatic carbocycles. The Morgan fingerprint density at radius 1 is 0.864 bits per heavy atom. The Balaban J connectivity index is 1.76. The predicted octanol–water partition coefficient (Wildman–Crippen LogP) is 3.95. The van der Waals surface area contributed by atoms with Gasteiger partial charge in [0.2, 0.25) is 0 Å². The van der Waals surface area contributed by atoms with Crippen molar-refractivity contribution >= 4 is 0 Å². The summed E-state index contributed by atoms with van der Waals surface area (Å²) in [7, 11) is 0. The fourth-order valence-electron chi connectivity index (χ4n) is 2.69. The zero-order chi connectivity index (χ0) is 15.2. The molecule has 0 aromatic heterocycles. The largest absolute Gasteiger partial charge is 0.486 e. The Morgan fingerprint density at radius 2 is 1.50 bits per heavy atom. The second-order valence-corrected chi connectivity index (χ2v) is 5.57. The molecule has 3 nitrogen and oxygen atoms in total. The minimum Gasteiger partial charge on any atom is -0.486 e. The standard InChI is InChI=1S/C19H20O3/c20-19-17(21-14-15-8-2-1-3-9-15)12-6-7-13-18(19)22-16-10-4-5-11-16/h1-3,6-9,12-13,16H,4-5,10-11,14H2. The molecular formula is C19H20O3. The Labute approximate surface area is 130 Å². The lowest BCUT2D eigenvalue weighted by Gasteiger charge is -2.11. The Kier molecular flexibility index (Phi) is 4.74. The molecule has 2 aromatic rings. The van der Waals surface area contributed by atoms with Crippen LogP contribution in [0.5, 0.6) is 11.5 Å². The summed E-state index contributed by atoms with van der Waals surface area (Å²) in [6, 6.07) is 16.9. The minimum absolute atomic E-state index is 0.164. The molecule has 22 heavy (non-hydrogen) atoms. The molecule has 0 saturated heterocycles. The smallest absolute Gasteiger partial charge is 0.262 e. The molecular weight excluding hydrogens is 276 g/mol. The van der Waals surface area contributed by atoms with Gasteiger partial charge < -0.3 is 9.47 Å². The summed E-state index contributed by atoms with van der Waals surface area (Å²) in [4.78, 5) is 12.5. The van der Waals surface area contributed by atoms with Crippen molar-refractivity contribution in [1.82, 2.24) is 0 Å². The van der Waals surface area contributed by atoms with Gasteiger partial charge in [0.25, 0.3) is 5.43 Å². The van der Waals surface area contributed by atoms with Gasteiger partial charge in [-0.25, -0.2) is 0 Å². The van der Waals surface area contributed by atoms with Gasteiger partial charge in [-0.2, -0.15) is 0 Å². The molecule has 114 valence electrons. The highest BCUT2D eigenvalue weighted by Gasteiger charge is 2.18. The molecule has 3 heteroatoms. The van der Waals surface area contributed by atoms with Crippen LogP contribution in [0.2, 0.25) is 0 Å². The van der Waals surface area contributed by atoms with Crippen molar-refractivity contribution in [2.75, 3.05) is 0 Å². The minimum atomic E-state index is -0.173. The number of rotatable bonds is 5. The molecule has 1 fully saturated rings. The summed E-state index contributed by atoms with van der Waals surface area (Å²) in [5.41, 5.74) is 0.861. The third-order valence-electron chi connectivity index (χ3n) is 3.89. The summed E-state index contributed by atoms with van der Waals surface area (Å²) in [6.45, 7) is 0.378. The highest BCUT2D eigenvalue weighted by atomic mass is 16.5. The van der Waals surface area contributed by atoms with Crippen LogP contribution in [0.3, 0.4) is 0 Å². The molecule has 1 saturated carbocycles. The van der Waals surface area contributed by atoms with E-state index >= 15 is 0 Å². The summed E-state index contributed by atoms with van der Waals surface area (Å²) < 4.78 is 11.6. The average Bonchev–Trinajstić information content (AvgIpc) is 3.00. The van der Waals surface area contributed by atoms with Gasteiger partial charge in [0, 0.05) is 0 Å². The van der Waals surface area contributed by atoms with Crippen molar-refractivity contribution < 1.29 is 9.47 Å². The molecule has 1 aliphatic rings. The van der Waals surface area contributed by atoms with Crippen LogP contribution in [0.4, 0.5) is 0 Å². The fraction of sp³-hybridized carbons (Fsp3) is 0.316. The molecule has 0 bridgehead atoms. The van der Waals surface area contributed by atoms with Gasteiger partial charge in [-0.3, -0.25) is 4.79 Å². The molecule has 0 radical (unpaired) electrons. The first-order valence-corrected chi connectivity index (χ1v) is 7.79. The van der Waals surface area contributed by atoms with Crippen molar-refractivity contribution in [2.45, 2.75) is 38.4 Å². The quantitative estimate of drug-likeness (QED) is 0.838. The van der Waals surface area contributed by atoms with Crippen LogP contribution in [-0.4, -0.2) is 6.10 Å². The molecule has 0 amide bonds. The summed E-state index contributed by atoms with van der Waals surface area (Å²) >= 11 is 0. The maximum atomic E-state index is 12.5. The molecule has 0 aliphatic heterocycles. The first-order chi connectivity index (χ1) is 10.8. The zero-order valence-corrected chi connectivity index (χ0v) is 12.5. The van der Waals surface area contributed by atoms with Crippen LogP contribution >= 0.6 is 0 Å². The molecule has 0 heterocycles. The Morgan fingerprint density at radius 3 is 2.23 bits per heavy atom. The lowest BCUT2D eigenvalue weighted by molar-refractivity contribution is 0.206. The van der Waals surface area contributed by atoms with Gasteiger partial charge in [0.1, 0.15) is 6.61 Å². The molecule has 3 rings (SSSR count). The van der Waals surface area contributed by atoms with E-state index < -0.39 is 0 Å². The van der Waals surface area contributed by atoms with E-state index in [-0.39, 0.29) is 11.5 Å². The fourth-order valence-corrected chi connectivity index (χ4v) is 2.69. The third kappa shape index (κ3) is 3.67. The SMILES string of the molecule is O=c1c(OCc2ccccc2)ccccc1OC1CCCC1. The normalized spacial score (nSPS) is 14.7. The van der Waals surface area contributed by atoms with Crippen LogP contribution in [0.15, 0.2) is 59.4 Å². The monoisotopic (exact) mass is 296 g/mol. The molecule has 0 N–H and O–H groups in total. The first kappa shape index (κ1) is 14.6. The van der Waals surface area contributed by atoms with Crippen molar-refractivity contribution in [3.8, 4) is 11.5 Å². The number of benzene rings is 1. The highest BCUT2D eigenvalue weighted by molar-refractivity contribution is 5.32. The first-order valence-electron chi connectivity index (χ1n) is 7.79. The molecule has 0 spiro atoms. The van der Waals surface area contributed by atoms with Gasteiger partial charge in [-0.15, -0.1) is 0 Å². The van der Waals surface area contributed by atoms with E-state index in [2.05, 4.69) is 0 Å². The second-order valence-electron chi connectivity index (χ2n) is 5.57. The van der Waals surface area contributed by atoms with Crippen molar-refractivity contribution in [1.29, 1.82) is 0 Å². The van der Waals surface area contributed by atoms with Crippen molar-refractivity contribution in [2.24, 2.45) is 0 Å². The average molecular weight is 296 g/mol. The molecule has 0 unspecified atom stereocenters. The zero-order valence-electron chi connectivity index (χ0n) is 12.5.